The fraction of sp³-hybridized carbons (Fsp3) is 0.409. The van der Waals surface area contributed by atoms with Crippen LogP contribution in [-0.2, 0) is 14.8 Å². The number of nitrogens with zero attached hydrogens (tertiary/aromatic N) is 1. The van der Waals surface area contributed by atoms with E-state index in [0.29, 0.717) is 31.1 Å². The number of nitrogens with one attached hydrogen (secondary N) is 1. The van der Waals surface area contributed by atoms with E-state index in [9.17, 15) is 13.2 Å². The molecule has 6 nitrogen and oxygen atoms in total. The molecule has 162 valence electrons. The van der Waals surface area contributed by atoms with Gasteiger partial charge in [0.05, 0.1) is 12.4 Å². The van der Waals surface area contributed by atoms with Crippen LogP contribution in [0.2, 0.25) is 0 Å². The number of piperidine rings is 1. The van der Waals surface area contributed by atoms with Crippen molar-refractivity contribution in [1.29, 1.82) is 0 Å². The number of amides is 1. The maximum atomic E-state index is 13.2. The predicted octanol–water partition coefficient (Wildman–Crippen LogP) is 4.30. The Kier molecular flexibility index (Phi) is 7.80. The Balaban J connectivity index is 1.74. The van der Waals surface area contributed by atoms with Gasteiger partial charge in [-0.05, 0) is 57.0 Å². The first kappa shape index (κ1) is 22.7. The van der Waals surface area contributed by atoms with E-state index in [1.54, 1.807) is 12.1 Å². The Labute approximate surface area is 183 Å². The zero-order valence-corrected chi connectivity index (χ0v) is 19.0. The van der Waals surface area contributed by atoms with Crippen LogP contribution in [0.3, 0.4) is 0 Å². The second-order valence-electron chi connectivity index (χ2n) is 7.21. The van der Waals surface area contributed by atoms with Crippen molar-refractivity contribution in [3.05, 3.63) is 48.0 Å². The molecule has 0 aliphatic carbocycles. The van der Waals surface area contributed by atoms with Crippen molar-refractivity contribution in [2.24, 2.45) is 0 Å². The third kappa shape index (κ3) is 5.77. The van der Waals surface area contributed by atoms with Gasteiger partial charge >= 0.3 is 0 Å². The molecule has 1 aliphatic heterocycles. The van der Waals surface area contributed by atoms with E-state index in [0.717, 1.165) is 24.2 Å². The van der Waals surface area contributed by atoms with Crippen molar-refractivity contribution < 1.29 is 17.9 Å². The molecule has 1 aliphatic rings. The lowest BCUT2D eigenvalue weighted by Crippen LogP contribution is -2.35. The smallest absolute Gasteiger partial charge is 0.246 e. The maximum absolute atomic E-state index is 13.2. The van der Waals surface area contributed by atoms with Crippen molar-refractivity contribution in [3.63, 3.8) is 0 Å². The number of thioether (sulfide) groups is 1. The molecular formula is C22H28N2O4S2. The number of sulfonamides is 1. The standard InChI is InChI=1S/C22H28N2O4S2/c1-3-28-20-12-9-18(15-21(20)30(26,27)24-13-5-4-6-14-24)23-22(25)16-29-19-10-7-17(2)8-11-19/h7-12,15H,3-6,13-14,16H2,1-2H3,(H,23,25). The molecule has 1 saturated heterocycles. The lowest BCUT2D eigenvalue weighted by molar-refractivity contribution is -0.113. The highest BCUT2D eigenvalue weighted by atomic mass is 32.2. The molecule has 2 aromatic rings. The van der Waals surface area contributed by atoms with E-state index in [4.69, 9.17) is 4.74 Å². The Bertz CT molecular complexity index is 969. The van der Waals surface area contributed by atoms with Gasteiger partial charge in [-0.15, -0.1) is 11.8 Å². The van der Waals surface area contributed by atoms with Gasteiger partial charge in [-0.1, -0.05) is 24.1 Å². The summed E-state index contributed by atoms with van der Waals surface area (Å²) in [7, 11) is -3.68. The Morgan fingerprint density at radius 1 is 1.10 bits per heavy atom. The first-order valence-electron chi connectivity index (χ1n) is 10.2. The summed E-state index contributed by atoms with van der Waals surface area (Å²) in [6.07, 6.45) is 2.75. The Morgan fingerprint density at radius 2 is 1.80 bits per heavy atom. The van der Waals surface area contributed by atoms with Crippen LogP contribution < -0.4 is 10.1 Å². The lowest BCUT2D eigenvalue weighted by Gasteiger charge is -2.27. The molecule has 8 heteroatoms. The second-order valence-corrected chi connectivity index (χ2v) is 10.2. The van der Waals surface area contributed by atoms with E-state index in [-0.39, 0.29) is 16.6 Å². The fourth-order valence-corrected chi connectivity index (χ4v) is 5.66. The predicted molar refractivity (Wildman–Crippen MR) is 121 cm³/mol. The molecule has 3 rings (SSSR count). The largest absolute Gasteiger partial charge is 0.492 e. The number of aryl methyl sites for hydroxylation is 1. The van der Waals surface area contributed by atoms with Gasteiger partial charge in [0.15, 0.2) is 0 Å². The molecule has 1 fully saturated rings. The van der Waals surface area contributed by atoms with Gasteiger partial charge in [-0.2, -0.15) is 4.31 Å². The number of carbonyl (C=O) groups is 1. The molecule has 0 bridgehead atoms. The van der Waals surface area contributed by atoms with Crippen LogP contribution in [0.15, 0.2) is 52.3 Å². The van der Waals surface area contributed by atoms with Crippen molar-refractivity contribution in [2.45, 2.75) is 42.9 Å². The van der Waals surface area contributed by atoms with Crippen LogP contribution in [-0.4, -0.2) is 44.1 Å². The molecule has 0 spiro atoms. The molecule has 30 heavy (non-hydrogen) atoms. The SMILES string of the molecule is CCOc1ccc(NC(=O)CSc2ccc(C)cc2)cc1S(=O)(=O)N1CCCCC1. The topological polar surface area (TPSA) is 75.7 Å². The monoisotopic (exact) mass is 448 g/mol. The van der Waals surface area contributed by atoms with Gasteiger partial charge in [0.2, 0.25) is 15.9 Å². The normalized spacial score (nSPS) is 15.0. The van der Waals surface area contributed by atoms with Gasteiger partial charge < -0.3 is 10.1 Å². The average molecular weight is 449 g/mol. The summed E-state index contributed by atoms with van der Waals surface area (Å²) in [6, 6.07) is 12.8. The Hall–Kier alpha value is -2.03. The van der Waals surface area contributed by atoms with Crippen LogP contribution in [0.1, 0.15) is 31.7 Å². The van der Waals surface area contributed by atoms with Gasteiger partial charge in [0.25, 0.3) is 0 Å². The lowest BCUT2D eigenvalue weighted by atomic mass is 10.2. The number of carbonyl (C=O) groups excluding carboxylic acids is 1. The van der Waals surface area contributed by atoms with Crippen LogP contribution in [0.25, 0.3) is 0 Å². The highest BCUT2D eigenvalue weighted by Crippen LogP contribution is 2.31. The van der Waals surface area contributed by atoms with Gasteiger partial charge in [0.1, 0.15) is 10.6 Å². The molecule has 1 heterocycles. The number of hydrogen-bond donors (Lipinski definition) is 1. The van der Waals surface area contributed by atoms with Crippen molar-refractivity contribution >= 4 is 33.4 Å². The zero-order valence-electron chi connectivity index (χ0n) is 17.4. The minimum absolute atomic E-state index is 0.107. The molecule has 0 saturated carbocycles. The van der Waals surface area contributed by atoms with Crippen molar-refractivity contribution in [2.75, 3.05) is 30.8 Å². The maximum Gasteiger partial charge on any atom is 0.246 e. The third-order valence-corrected chi connectivity index (χ3v) is 7.78. The summed E-state index contributed by atoms with van der Waals surface area (Å²) in [5, 5.41) is 2.81. The zero-order chi connectivity index (χ0) is 21.6. The van der Waals surface area contributed by atoms with E-state index < -0.39 is 10.0 Å². The number of anilines is 1. The molecule has 0 atom stereocenters. The van der Waals surface area contributed by atoms with Crippen LogP contribution >= 0.6 is 11.8 Å². The quantitative estimate of drug-likeness (QED) is 0.610. The van der Waals surface area contributed by atoms with Gasteiger partial charge in [-0.3, -0.25) is 4.79 Å². The minimum Gasteiger partial charge on any atom is -0.492 e. The highest BCUT2D eigenvalue weighted by molar-refractivity contribution is 8.00. The van der Waals surface area contributed by atoms with Crippen LogP contribution in [0.5, 0.6) is 5.75 Å². The Morgan fingerprint density at radius 3 is 2.47 bits per heavy atom. The summed E-state index contributed by atoms with van der Waals surface area (Å²) in [5.41, 5.74) is 1.61. The summed E-state index contributed by atoms with van der Waals surface area (Å²) < 4.78 is 33.4. The summed E-state index contributed by atoms with van der Waals surface area (Å²) in [6.45, 7) is 5.22. The molecular weight excluding hydrogens is 420 g/mol. The summed E-state index contributed by atoms with van der Waals surface area (Å²) in [5.74, 6) is 0.367. The van der Waals surface area contributed by atoms with Gasteiger partial charge in [0, 0.05) is 23.7 Å². The third-order valence-electron chi connectivity index (χ3n) is 4.85. The van der Waals surface area contributed by atoms with E-state index in [1.165, 1.54) is 27.7 Å². The van der Waals surface area contributed by atoms with Crippen molar-refractivity contribution in [1.82, 2.24) is 4.31 Å². The molecule has 1 amide bonds. The van der Waals surface area contributed by atoms with E-state index >= 15 is 0 Å². The molecule has 0 radical (unpaired) electrons. The van der Waals surface area contributed by atoms with Crippen LogP contribution in [0, 0.1) is 6.92 Å². The fourth-order valence-electron chi connectivity index (χ4n) is 3.29. The number of rotatable bonds is 8. The first-order valence-corrected chi connectivity index (χ1v) is 12.6. The van der Waals surface area contributed by atoms with Gasteiger partial charge in [-0.25, -0.2) is 8.42 Å². The minimum atomic E-state index is -3.68. The number of benzene rings is 2. The molecule has 0 aromatic heterocycles. The highest BCUT2D eigenvalue weighted by Gasteiger charge is 2.29. The molecule has 1 N–H and O–H groups in total. The molecule has 0 unspecified atom stereocenters. The van der Waals surface area contributed by atoms with E-state index in [2.05, 4.69) is 5.32 Å². The first-order chi connectivity index (χ1) is 14.4. The summed E-state index contributed by atoms with van der Waals surface area (Å²) in [4.78, 5) is 13.5. The number of ether oxygens (including phenoxy) is 1. The average Bonchev–Trinajstić information content (AvgIpc) is 2.75. The molecule has 2 aromatic carbocycles. The second kappa shape index (κ2) is 10.3. The number of hydrogen-bond acceptors (Lipinski definition) is 5. The van der Waals surface area contributed by atoms with E-state index in [1.807, 2.05) is 38.1 Å². The van der Waals surface area contributed by atoms with Crippen molar-refractivity contribution in [3.8, 4) is 5.75 Å². The summed E-state index contributed by atoms with van der Waals surface area (Å²) >= 11 is 1.44. The van der Waals surface area contributed by atoms with Crippen LogP contribution in [0.4, 0.5) is 5.69 Å².